The van der Waals surface area contributed by atoms with Crippen LogP contribution in [0.25, 0.3) is 0 Å². The van der Waals surface area contributed by atoms with Crippen LogP contribution in [-0.4, -0.2) is 21.8 Å². The molecule has 0 radical (unpaired) electrons. The van der Waals surface area contributed by atoms with E-state index >= 15 is 0 Å². The minimum Gasteiger partial charge on any atom is -0.312 e. The molecule has 0 saturated heterocycles. The number of thiophene rings is 1. The molecule has 2 aromatic rings. The fraction of sp³-hybridized carbons (Fsp3) is 0.571. The zero-order valence-corrected chi connectivity index (χ0v) is 12.9. The molecule has 0 aliphatic heterocycles. The van der Waals surface area contributed by atoms with E-state index in [1.807, 2.05) is 23.1 Å². The van der Waals surface area contributed by atoms with E-state index in [2.05, 4.69) is 47.6 Å². The quantitative estimate of drug-likeness (QED) is 0.883. The van der Waals surface area contributed by atoms with Gasteiger partial charge in [-0.2, -0.15) is 5.10 Å². The summed E-state index contributed by atoms with van der Waals surface area (Å²) in [5, 5.41) is 9.89. The second kappa shape index (κ2) is 6.30. The number of aryl methyl sites for hydroxylation is 1. The summed E-state index contributed by atoms with van der Waals surface area (Å²) in [4.78, 5) is 5.83. The number of nitrogens with zero attached hydrogens (tertiary/aromatic N) is 3. The average molecular weight is 278 g/mol. The Kier molecular flexibility index (Phi) is 4.71. The highest BCUT2D eigenvalue weighted by Gasteiger charge is 2.18. The Hall–Kier alpha value is -1.20. The second-order valence-electron chi connectivity index (χ2n) is 4.92. The summed E-state index contributed by atoms with van der Waals surface area (Å²) >= 11 is 1.82. The van der Waals surface area contributed by atoms with Gasteiger partial charge in [0.05, 0.1) is 0 Å². The van der Waals surface area contributed by atoms with Gasteiger partial charge in [-0.05, 0) is 44.3 Å². The van der Waals surface area contributed by atoms with Gasteiger partial charge in [-0.15, -0.1) is 11.3 Å². The molecule has 0 aliphatic carbocycles. The number of aromatic nitrogens is 3. The largest absolute Gasteiger partial charge is 0.312 e. The van der Waals surface area contributed by atoms with Crippen LogP contribution in [0.1, 0.15) is 49.1 Å². The lowest BCUT2D eigenvalue weighted by atomic mass is 10.1. The van der Waals surface area contributed by atoms with E-state index in [-0.39, 0.29) is 0 Å². The van der Waals surface area contributed by atoms with Crippen LogP contribution >= 0.6 is 11.3 Å². The Labute approximate surface area is 118 Å². The molecule has 0 saturated carbocycles. The molecule has 19 heavy (non-hydrogen) atoms. The normalized spacial score (nSPS) is 13.1. The molecule has 0 bridgehead atoms. The maximum Gasteiger partial charge on any atom is 0.138 e. The number of hydrogen-bond acceptors (Lipinski definition) is 4. The van der Waals surface area contributed by atoms with Crippen LogP contribution in [0.5, 0.6) is 0 Å². The van der Waals surface area contributed by atoms with Gasteiger partial charge in [-0.1, -0.05) is 6.92 Å². The average Bonchev–Trinajstić information content (AvgIpc) is 3.04. The summed E-state index contributed by atoms with van der Waals surface area (Å²) in [6.45, 7) is 6.47. The maximum atomic E-state index is 4.41. The molecule has 0 fully saturated rings. The van der Waals surface area contributed by atoms with Gasteiger partial charge in [0, 0.05) is 23.4 Å². The van der Waals surface area contributed by atoms with Crippen LogP contribution < -0.4 is 5.32 Å². The van der Waals surface area contributed by atoms with Crippen LogP contribution in [0.2, 0.25) is 0 Å². The Balaban J connectivity index is 2.22. The summed E-state index contributed by atoms with van der Waals surface area (Å²) in [7, 11) is 2.01. The Morgan fingerprint density at radius 1 is 1.42 bits per heavy atom. The number of hydrogen-bond donors (Lipinski definition) is 1. The molecule has 0 amide bonds. The van der Waals surface area contributed by atoms with Gasteiger partial charge in [-0.25, -0.2) is 9.67 Å². The third-order valence-corrected chi connectivity index (χ3v) is 4.42. The van der Waals surface area contributed by atoms with Gasteiger partial charge in [0.1, 0.15) is 12.2 Å². The molecule has 104 valence electrons. The molecule has 0 aromatic carbocycles. The predicted octanol–water partition coefficient (Wildman–Crippen LogP) is 2.99. The van der Waals surface area contributed by atoms with Crippen LogP contribution in [-0.2, 0) is 12.8 Å². The van der Waals surface area contributed by atoms with Crippen molar-refractivity contribution in [1.82, 2.24) is 20.1 Å². The van der Waals surface area contributed by atoms with E-state index in [4.69, 9.17) is 0 Å². The van der Waals surface area contributed by atoms with Crippen molar-refractivity contribution < 1.29 is 0 Å². The molecular formula is C14H22N4S. The third kappa shape index (κ3) is 3.04. The zero-order chi connectivity index (χ0) is 13.8. The molecular weight excluding hydrogens is 256 g/mol. The van der Waals surface area contributed by atoms with E-state index in [0.717, 1.165) is 18.7 Å². The second-order valence-corrected chi connectivity index (χ2v) is 5.87. The Bertz CT molecular complexity index is 515. The summed E-state index contributed by atoms with van der Waals surface area (Å²) in [5.41, 5.74) is 1.43. The lowest BCUT2D eigenvalue weighted by molar-refractivity contribution is 0.479. The summed E-state index contributed by atoms with van der Waals surface area (Å²) in [6.07, 6.45) is 3.60. The number of nitrogens with one attached hydrogen (secondary N) is 1. The van der Waals surface area contributed by atoms with Crippen LogP contribution in [0, 0.1) is 0 Å². The lowest BCUT2D eigenvalue weighted by Gasteiger charge is -2.17. The highest BCUT2D eigenvalue weighted by atomic mass is 32.1. The van der Waals surface area contributed by atoms with Crippen molar-refractivity contribution in [2.24, 2.45) is 0 Å². The fourth-order valence-corrected chi connectivity index (χ4v) is 3.41. The van der Waals surface area contributed by atoms with Gasteiger partial charge < -0.3 is 5.32 Å². The van der Waals surface area contributed by atoms with Gasteiger partial charge in [-0.3, -0.25) is 0 Å². The topological polar surface area (TPSA) is 42.7 Å². The van der Waals surface area contributed by atoms with E-state index in [1.54, 1.807) is 6.33 Å². The lowest BCUT2D eigenvalue weighted by Crippen LogP contribution is -2.21. The standard InChI is InChI=1S/C14H22N4S/c1-5-11-6-7-19-14(11)12(15-4)8-13-16-9-17-18(13)10(2)3/h6-7,9-10,12,15H,5,8H2,1-4H3. The Morgan fingerprint density at radius 2 is 2.21 bits per heavy atom. The molecule has 1 unspecified atom stereocenters. The number of likely N-dealkylation sites (N-methyl/N-ethyl adjacent to an activating group) is 1. The van der Waals surface area contributed by atoms with Gasteiger partial charge in [0.2, 0.25) is 0 Å². The minimum absolute atomic E-state index is 0.316. The molecule has 1 atom stereocenters. The van der Waals surface area contributed by atoms with Crippen LogP contribution in [0.15, 0.2) is 17.8 Å². The molecule has 2 heterocycles. The van der Waals surface area contributed by atoms with Crippen LogP contribution in [0.3, 0.4) is 0 Å². The van der Waals surface area contributed by atoms with E-state index in [1.165, 1.54) is 10.4 Å². The SMILES string of the molecule is CCc1ccsc1C(Cc1ncnn1C(C)C)NC. The van der Waals surface area contributed by atoms with Gasteiger partial charge >= 0.3 is 0 Å². The molecule has 0 aliphatic rings. The van der Waals surface area contributed by atoms with Crippen molar-refractivity contribution in [3.05, 3.63) is 34.0 Å². The highest BCUT2D eigenvalue weighted by molar-refractivity contribution is 7.10. The van der Waals surface area contributed by atoms with Crippen molar-refractivity contribution in [1.29, 1.82) is 0 Å². The summed E-state index contributed by atoms with van der Waals surface area (Å²) < 4.78 is 2.00. The first-order chi connectivity index (χ1) is 9.17. The maximum absolute atomic E-state index is 4.41. The van der Waals surface area contributed by atoms with Crippen molar-refractivity contribution in [2.75, 3.05) is 7.05 Å². The van der Waals surface area contributed by atoms with Crippen molar-refractivity contribution >= 4 is 11.3 Å². The first kappa shape index (κ1) is 14.2. The number of rotatable bonds is 6. The van der Waals surface area contributed by atoms with E-state index in [0.29, 0.717) is 12.1 Å². The summed E-state index contributed by atoms with van der Waals surface area (Å²) in [5.74, 6) is 1.05. The first-order valence-corrected chi connectivity index (χ1v) is 7.67. The predicted molar refractivity (Wildman–Crippen MR) is 79.6 cm³/mol. The minimum atomic E-state index is 0.316. The molecule has 2 aromatic heterocycles. The van der Waals surface area contributed by atoms with Crippen molar-refractivity contribution in [2.45, 2.75) is 45.7 Å². The Morgan fingerprint density at radius 3 is 2.84 bits per heavy atom. The van der Waals surface area contributed by atoms with Crippen LogP contribution in [0.4, 0.5) is 0 Å². The smallest absolute Gasteiger partial charge is 0.138 e. The fourth-order valence-electron chi connectivity index (χ4n) is 2.31. The molecule has 1 N–H and O–H groups in total. The van der Waals surface area contributed by atoms with Gasteiger partial charge in [0.25, 0.3) is 0 Å². The van der Waals surface area contributed by atoms with Gasteiger partial charge in [0.15, 0.2) is 0 Å². The van der Waals surface area contributed by atoms with E-state index < -0.39 is 0 Å². The molecule has 2 rings (SSSR count). The summed E-state index contributed by atoms with van der Waals surface area (Å²) in [6, 6.07) is 2.89. The van der Waals surface area contributed by atoms with Crippen molar-refractivity contribution in [3.63, 3.8) is 0 Å². The molecule has 5 heteroatoms. The molecule has 4 nitrogen and oxygen atoms in total. The highest BCUT2D eigenvalue weighted by Crippen LogP contribution is 2.27. The monoisotopic (exact) mass is 278 g/mol. The third-order valence-electron chi connectivity index (χ3n) is 3.35. The molecule has 0 spiro atoms. The zero-order valence-electron chi connectivity index (χ0n) is 12.1. The van der Waals surface area contributed by atoms with E-state index in [9.17, 15) is 0 Å². The first-order valence-electron chi connectivity index (χ1n) is 6.79. The van der Waals surface area contributed by atoms with Crippen molar-refractivity contribution in [3.8, 4) is 0 Å².